The van der Waals surface area contributed by atoms with E-state index in [9.17, 15) is 13.2 Å². The van der Waals surface area contributed by atoms with E-state index in [1.807, 2.05) is 17.0 Å². The van der Waals surface area contributed by atoms with E-state index in [0.29, 0.717) is 48.9 Å². The number of aromatic nitrogens is 5. The third-order valence-corrected chi connectivity index (χ3v) is 7.23. The highest BCUT2D eigenvalue weighted by Gasteiger charge is 2.29. The summed E-state index contributed by atoms with van der Waals surface area (Å²) in [5, 5.41) is 12.6. The zero-order valence-electron chi connectivity index (χ0n) is 16.6. The third kappa shape index (κ3) is 3.39. The van der Waals surface area contributed by atoms with Crippen molar-refractivity contribution in [1.82, 2.24) is 28.9 Å². The topological polar surface area (TPSA) is 119 Å². The average molecular weight is 441 g/mol. The standard InChI is InChI=1S/C19H19N7O4S/c1-23-15-13-14(3-4-16(15)30-19(23)27)31(28,29)25-11-9-24(10-12-25)17-5-6-18(22-21-17)26-8-2-7-20-26/h2-8,13H,9-12H2,1H3. The van der Waals surface area contributed by atoms with Crippen LogP contribution in [0.2, 0.25) is 0 Å². The number of sulfonamides is 1. The van der Waals surface area contributed by atoms with Gasteiger partial charge in [-0.25, -0.2) is 17.9 Å². The van der Waals surface area contributed by atoms with Crippen LogP contribution in [0.3, 0.4) is 0 Å². The molecule has 160 valence electrons. The Morgan fingerprint density at radius 2 is 1.74 bits per heavy atom. The Kier molecular flexibility index (Phi) is 4.59. The predicted octanol–water partition coefficient (Wildman–Crippen LogP) is 0.618. The maximum absolute atomic E-state index is 13.1. The lowest BCUT2D eigenvalue weighted by molar-refractivity contribution is 0.383. The van der Waals surface area contributed by atoms with Crippen LogP contribution in [-0.2, 0) is 17.1 Å². The average Bonchev–Trinajstić information content (AvgIpc) is 3.43. The molecule has 0 atom stereocenters. The van der Waals surface area contributed by atoms with Gasteiger partial charge < -0.3 is 9.32 Å². The van der Waals surface area contributed by atoms with Gasteiger partial charge in [-0.05, 0) is 36.4 Å². The summed E-state index contributed by atoms with van der Waals surface area (Å²) in [4.78, 5) is 13.8. The summed E-state index contributed by atoms with van der Waals surface area (Å²) in [5.41, 5.74) is 0.797. The number of hydrogen-bond donors (Lipinski definition) is 0. The van der Waals surface area contributed by atoms with Crippen molar-refractivity contribution in [2.45, 2.75) is 4.90 Å². The summed E-state index contributed by atoms with van der Waals surface area (Å²) in [6, 6.07) is 9.92. The fourth-order valence-corrected chi connectivity index (χ4v) is 5.03. The molecule has 0 N–H and O–H groups in total. The van der Waals surface area contributed by atoms with Crippen LogP contribution in [0.15, 0.2) is 62.9 Å². The Hall–Kier alpha value is -3.51. The molecule has 0 aliphatic carbocycles. The van der Waals surface area contributed by atoms with Gasteiger partial charge in [-0.15, -0.1) is 10.2 Å². The molecule has 11 nitrogen and oxygen atoms in total. The molecule has 4 heterocycles. The van der Waals surface area contributed by atoms with Crippen molar-refractivity contribution >= 4 is 26.9 Å². The molecular formula is C19H19N7O4S. The van der Waals surface area contributed by atoms with E-state index in [-0.39, 0.29) is 4.90 Å². The maximum Gasteiger partial charge on any atom is 0.419 e. The van der Waals surface area contributed by atoms with Crippen LogP contribution in [0.5, 0.6) is 0 Å². The zero-order valence-corrected chi connectivity index (χ0v) is 17.4. The van der Waals surface area contributed by atoms with Crippen molar-refractivity contribution in [2.24, 2.45) is 7.05 Å². The first-order valence-electron chi connectivity index (χ1n) is 9.62. The molecule has 0 unspecified atom stereocenters. The molecule has 1 fully saturated rings. The number of piperazine rings is 1. The fraction of sp³-hybridized carbons (Fsp3) is 0.263. The Morgan fingerprint density at radius 3 is 2.42 bits per heavy atom. The van der Waals surface area contributed by atoms with Crippen molar-refractivity contribution < 1.29 is 12.8 Å². The van der Waals surface area contributed by atoms with Gasteiger partial charge in [-0.1, -0.05) is 0 Å². The van der Waals surface area contributed by atoms with Crippen molar-refractivity contribution in [3.05, 3.63) is 59.3 Å². The SMILES string of the molecule is Cn1c(=O)oc2ccc(S(=O)(=O)N3CCN(c4ccc(-n5cccn5)nn4)CC3)cc21. The molecule has 31 heavy (non-hydrogen) atoms. The van der Waals surface area contributed by atoms with Gasteiger partial charge in [0.25, 0.3) is 0 Å². The molecule has 0 bridgehead atoms. The van der Waals surface area contributed by atoms with Crippen LogP contribution in [-0.4, -0.2) is 63.4 Å². The summed E-state index contributed by atoms with van der Waals surface area (Å²) in [6.07, 6.45) is 3.45. The smallest absolute Gasteiger partial charge is 0.408 e. The lowest BCUT2D eigenvalue weighted by Gasteiger charge is -2.34. The van der Waals surface area contributed by atoms with E-state index in [4.69, 9.17) is 4.42 Å². The minimum absolute atomic E-state index is 0.133. The Balaban J connectivity index is 1.31. The molecule has 12 heteroatoms. The maximum atomic E-state index is 13.1. The van der Waals surface area contributed by atoms with E-state index < -0.39 is 15.8 Å². The van der Waals surface area contributed by atoms with Crippen LogP contribution in [0, 0.1) is 0 Å². The molecule has 5 rings (SSSR count). The molecule has 4 aromatic rings. The lowest BCUT2D eigenvalue weighted by Crippen LogP contribution is -2.49. The normalized spacial score (nSPS) is 15.6. The van der Waals surface area contributed by atoms with E-state index in [1.165, 1.54) is 27.1 Å². The molecule has 0 spiro atoms. The van der Waals surface area contributed by atoms with Gasteiger partial charge in [0.1, 0.15) is 0 Å². The van der Waals surface area contributed by atoms with Gasteiger partial charge >= 0.3 is 5.76 Å². The van der Waals surface area contributed by atoms with Crippen LogP contribution < -0.4 is 10.7 Å². The number of anilines is 1. The molecule has 0 radical (unpaired) electrons. The quantitative estimate of drug-likeness (QED) is 0.452. The minimum Gasteiger partial charge on any atom is -0.408 e. The van der Waals surface area contributed by atoms with Crippen LogP contribution in [0.1, 0.15) is 0 Å². The Morgan fingerprint density at radius 1 is 1.00 bits per heavy atom. The number of aryl methyl sites for hydroxylation is 1. The number of hydrogen-bond acceptors (Lipinski definition) is 8. The van der Waals surface area contributed by atoms with Crippen LogP contribution in [0.4, 0.5) is 5.82 Å². The second-order valence-corrected chi connectivity index (χ2v) is 9.09. The number of nitrogens with zero attached hydrogens (tertiary/aromatic N) is 7. The second kappa shape index (κ2) is 7.32. The van der Waals surface area contributed by atoms with Gasteiger partial charge in [0.05, 0.1) is 10.4 Å². The highest BCUT2D eigenvalue weighted by atomic mass is 32.2. The van der Waals surface area contributed by atoms with E-state index in [1.54, 1.807) is 30.2 Å². The number of fused-ring (bicyclic) bond motifs is 1. The molecule has 0 amide bonds. The second-order valence-electron chi connectivity index (χ2n) is 7.15. The Labute approximate surface area is 177 Å². The van der Waals surface area contributed by atoms with Crippen molar-refractivity contribution in [2.75, 3.05) is 31.1 Å². The number of benzene rings is 1. The summed E-state index contributed by atoms with van der Waals surface area (Å²) >= 11 is 0. The van der Waals surface area contributed by atoms with Crippen LogP contribution >= 0.6 is 0 Å². The van der Waals surface area contributed by atoms with Gasteiger partial charge in [-0.3, -0.25) is 4.57 Å². The Bertz CT molecular complexity index is 1380. The summed E-state index contributed by atoms with van der Waals surface area (Å²) < 4.78 is 35.7. The zero-order chi connectivity index (χ0) is 21.6. The van der Waals surface area contributed by atoms with Gasteiger partial charge in [0.15, 0.2) is 17.2 Å². The molecule has 1 aromatic carbocycles. The van der Waals surface area contributed by atoms with E-state index in [0.717, 1.165) is 0 Å². The summed E-state index contributed by atoms with van der Waals surface area (Å²) in [6.45, 7) is 1.60. The molecular weight excluding hydrogens is 422 g/mol. The molecule has 1 aliphatic rings. The first kappa shape index (κ1) is 19.5. The number of oxazole rings is 1. The molecule has 1 saturated heterocycles. The predicted molar refractivity (Wildman–Crippen MR) is 112 cm³/mol. The minimum atomic E-state index is -3.70. The largest absolute Gasteiger partial charge is 0.419 e. The third-order valence-electron chi connectivity index (χ3n) is 5.34. The lowest BCUT2D eigenvalue weighted by atomic mass is 10.3. The summed E-state index contributed by atoms with van der Waals surface area (Å²) in [5.74, 6) is 0.764. The van der Waals surface area contributed by atoms with E-state index >= 15 is 0 Å². The van der Waals surface area contributed by atoms with Crippen molar-refractivity contribution in [3.8, 4) is 5.82 Å². The van der Waals surface area contributed by atoms with Gasteiger partial charge in [-0.2, -0.15) is 9.40 Å². The van der Waals surface area contributed by atoms with Gasteiger partial charge in [0.2, 0.25) is 10.0 Å². The monoisotopic (exact) mass is 441 g/mol. The van der Waals surface area contributed by atoms with Crippen LogP contribution in [0.25, 0.3) is 16.9 Å². The van der Waals surface area contributed by atoms with Crippen molar-refractivity contribution in [3.63, 3.8) is 0 Å². The summed E-state index contributed by atoms with van der Waals surface area (Å²) in [7, 11) is -2.16. The van der Waals surface area contributed by atoms with E-state index in [2.05, 4.69) is 15.3 Å². The highest BCUT2D eigenvalue weighted by molar-refractivity contribution is 7.89. The molecule has 1 aliphatic heterocycles. The molecule has 3 aromatic heterocycles. The first-order chi connectivity index (χ1) is 14.9. The fourth-order valence-electron chi connectivity index (χ4n) is 3.59. The van der Waals surface area contributed by atoms with Crippen molar-refractivity contribution in [1.29, 1.82) is 0 Å². The van der Waals surface area contributed by atoms with Gasteiger partial charge in [0, 0.05) is 45.6 Å². The molecule has 0 saturated carbocycles. The highest BCUT2D eigenvalue weighted by Crippen LogP contribution is 2.23. The number of rotatable bonds is 4. The first-order valence-corrected chi connectivity index (χ1v) is 11.1.